The van der Waals surface area contributed by atoms with E-state index in [0.29, 0.717) is 18.2 Å². The molecule has 0 saturated heterocycles. The lowest BCUT2D eigenvalue weighted by Gasteiger charge is -2.16. The molecule has 4 rings (SSSR count). The first kappa shape index (κ1) is 25.2. The first-order valence-corrected chi connectivity index (χ1v) is 11.0. The van der Waals surface area contributed by atoms with E-state index in [4.69, 9.17) is 18.7 Å². The standard InChI is InChI=1S/C23H24N8O6/c1-13(12-34-4)35-15-7-14(21(32)27-18-5-6-31(3)29-18)8-16(9-15)36-19-11-25-17(10-26-19)23-28-20(30-37-23)22(33)24-2/h5-11,13H,12H2,1-4H3,(H,24,33)(H,27,29,32)/t13-/m0/s1. The Kier molecular flexibility index (Phi) is 7.68. The molecule has 0 fully saturated rings. The summed E-state index contributed by atoms with van der Waals surface area (Å²) in [5, 5.41) is 12.9. The van der Waals surface area contributed by atoms with Crippen molar-refractivity contribution >= 4 is 17.6 Å². The molecule has 14 nitrogen and oxygen atoms in total. The van der Waals surface area contributed by atoms with Gasteiger partial charge in [-0.2, -0.15) is 10.1 Å². The molecular formula is C23H24N8O6. The van der Waals surface area contributed by atoms with Crippen LogP contribution in [0.2, 0.25) is 0 Å². The molecule has 1 aromatic carbocycles. The number of nitrogens with one attached hydrogen (secondary N) is 2. The van der Waals surface area contributed by atoms with Crippen LogP contribution >= 0.6 is 0 Å². The topological polar surface area (TPSA) is 168 Å². The quantitative estimate of drug-likeness (QED) is 0.322. The number of anilines is 1. The molecule has 14 heteroatoms. The first-order chi connectivity index (χ1) is 17.8. The number of aryl methyl sites for hydroxylation is 1. The molecule has 0 spiro atoms. The second kappa shape index (κ2) is 11.3. The molecule has 2 amide bonds. The number of carbonyl (C=O) groups is 2. The predicted molar refractivity (Wildman–Crippen MR) is 128 cm³/mol. The Morgan fingerprint density at radius 1 is 1.14 bits per heavy atom. The molecule has 0 bridgehead atoms. The van der Waals surface area contributed by atoms with Crippen molar-refractivity contribution in [2.45, 2.75) is 13.0 Å². The monoisotopic (exact) mass is 508 g/mol. The lowest BCUT2D eigenvalue weighted by atomic mass is 10.2. The Morgan fingerprint density at radius 3 is 2.62 bits per heavy atom. The minimum atomic E-state index is -0.493. The number of rotatable bonds is 10. The molecule has 0 radical (unpaired) electrons. The zero-order chi connectivity index (χ0) is 26.4. The van der Waals surface area contributed by atoms with Crippen LogP contribution < -0.4 is 20.1 Å². The predicted octanol–water partition coefficient (Wildman–Crippen LogP) is 2.08. The van der Waals surface area contributed by atoms with E-state index in [1.807, 2.05) is 6.92 Å². The van der Waals surface area contributed by atoms with Gasteiger partial charge < -0.3 is 29.4 Å². The number of methoxy groups -OCH3 is 1. The van der Waals surface area contributed by atoms with Crippen molar-refractivity contribution in [3.63, 3.8) is 0 Å². The van der Waals surface area contributed by atoms with Crippen LogP contribution in [0.3, 0.4) is 0 Å². The van der Waals surface area contributed by atoms with Gasteiger partial charge in [-0.05, 0) is 19.1 Å². The summed E-state index contributed by atoms with van der Waals surface area (Å²) >= 11 is 0. The zero-order valence-corrected chi connectivity index (χ0v) is 20.5. The highest BCUT2D eigenvalue weighted by atomic mass is 16.5. The highest BCUT2D eigenvalue weighted by Crippen LogP contribution is 2.28. The molecule has 1 atom stereocenters. The zero-order valence-electron chi connectivity index (χ0n) is 20.5. The maximum Gasteiger partial charge on any atom is 0.292 e. The maximum absolute atomic E-state index is 12.9. The molecule has 0 saturated carbocycles. The molecule has 4 aromatic rings. The van der Waals surface area contributed by atoms with E-state index >= 15 is 0 Å². The SMILES string of the molecule is CNC(=O)c1noc(-c2cnc(Oc3cc(O[C@@H](C)COC)cc(C(=O)Nc4ccn(C)n4)c3)cn2)n1. The molecule has 0 aliphatic carbocycles. The van der Waals surface area contributed by atoms with Crippen LogP contribution in [0.25, 0.3) is 11.6 Å². The Hall–Kier alpha value is -4.85. The fourth-order valence-corrected chi connectivity index (χ4v) is 3.13. The third kappa shape index (κ3) is 6.43. The van der Waals surface area contributed by atoms with E-state index in [-0.39, 0.29) is 40.7 Å². The van der Waals surface area contributed by atoms with Gasteiger partial charge in [0.15, 0.2) is 5.82 Å². The van der Waals surface area contributed by atoms with Gasteiger partial charge in [0.05, 0.1) is 19.0 Å². The van der Waals surface area contributed by atoms with E-state index < -0.39 is 11.8 Å². The number of hydrogen-bond donors (Lipinski definition) is 2. The van der Waals surface area contributed by atoms with Crippen molar-refractivity contribution in [3.05, 3.63) is 54.2 Å². The number of carbonyl (C=O) groups excluding carboxylic acids is 2. The number of benzene rings is 1. The highest BCUT2D eigenvalue weighted by molar-refractivity contribution is 6.04. The molecule has 3 aromatic heterocycles. The van der Waals surface area contributed by atoms with E-state index in [9.17, 15) is 9.59 Å². The second-order valence-electron chi connectivity index (χ2n) is 7.75. The average Bonchev–Trinajstić information content (AvgIpc) is 3.53. The lowest BCUT2D eigenvalue weighted by molar-refractivity contribution is 0.0915. The van der Waals surface area contributed by atoms with Gasteiger partial charge in [-0.3, -0.25) is 14.3 Å². The van der Waals surface area contributed by atoms with E-state index in [1.54, 1.807) is 43.2 Å². The molecule has 0 aliphatic heterocycles. The summed E-state index contributed by atoms with van der Waals surface area (Å²) in [6, 6.07) is 6.42. The number of nitrogens with zero attached hydrogens (tertiary/aromatic N) is 6. The van der Waals surface area contributed by atoms with Gasteiger partial charge in [0.1, 0.15) is 23.3 Å². The van der Waals surface area contributed by atoms with Crippen molar-refractivity contribution < 1.29 is 28.3 Å². The number of ether oxygens (including phenoxy) is 3. The fourth-order valence-electron chi connectivity index (χ4n) is 3.13. The van der Waals surface area contributed by atoms with Crippen LogP contribution in [-0.4, -0.2) is 68.6 Å². The van der Waals surface area contributed by atoms with Crippen molar-refractivity contribution in [1.82, 2.24) is 35.2 Å². The molecule has 192 valence electrons. The molecule has 3 heterocycles. The summed E-state index contributed by atoms with van der Waals surface area (Å²) in [6.07, 6.45) is 4.13. The van der Waals surface area contributed by atoms with Crippen LogP contribution in [0, 0.1) is 0 Å². The molecule has 0 unspecified atom stereocenters. The summed E-state index contributed by atoms with van der Waals surface area (Å²) in [6.45, 7) is 2.19. The lowest BCUT2D eigenvalue weighted by Crippen LogP contribution is -2.19. The fraction of sp³-hybridized carbons (Fsp3) is 0.261. The van der Waals surface area contributed by atoms with Crippen molar-refractivity contribution in [2.24, 2.45) is 7.05 Å². The third-order valence-corrected chi connectivity index (χ3v) is 4.76. The average molecular weight is 508 g/mol. The summed E-state index contributed by atoms with van der Waals surface area (Å²) in [5.41, 5.74) is 0.524. The largest absolute Gasteiger partial charge is 0.488 e. The van der Waals surface area contributed by atoms with Crippen LogP contribution in [-0.2, 0) is 11.8 Å². The van der Waals surface area contributed by atoms with E-state index in [0.717, 1.165) is 0 Å². The number of amides is 2. The minimum Gasteiger partial charge on any atom is -0.488 e. The maximum atomic E-state index is 12.9. The molecule has 37 heavy (non-hydrogen) atoms. The third-order valence-electron chi connectivity index (χ3n) is 4.76. The van der Waals surface area contributed by atoms with Crippen LogP contribution in [0.4, 0.5) is 5.82 Å². The number of aromatic nitrogens is 6. The first-order valence-electron chi connectivity index (χ1n) is 11.0. The normalized spacial score (nSPS) is 11.6. The van der Waals surface area contributed by atoms with Crippen molar-refractivity contribution in [3.8, 4) is 29.0 Å². The Labute approximate surface area is 211 Å². The van der Waals surface area contributed by atoms with Gasteiger partial charge in [0, 0.05) is 45.1 Å². The second-order valence-corrected chi connectivity index (χ2v) is 7.75. The number of hydrogen-bond acceptors (Lipinski definition) is 11. The molecular weight excluding hydrogens is 484 g/mol. The van der Waals surface area contributed by atoms with Gasteiger partial charge in [0.25, 0.3) is 23.5 Å². The van der Waals surface area contributed by atoms with Crippen LogP contribution in [0.5, 0.6) is 17.4 Å². The Balaban J connectivity index is 1.55. The smallest absolute Gasteiger partial charge is 0.292 e. The Morgan fingerprint density at radius 2 is 1.95 bits per heavy atom. The van der Waals surface area contributed by atoms with Crippen LogP contribution in [0.1, 0.15) is 27.9 Å². The van der Waals surface area contributed by atoms with Gasteiger partial charge in [-0.1, -0.05) is 5.16 Å². The molecule has 0 aliphatic rings. The summed E-state index contributed by atoms with van der Waals surface area (Å²) < 4.78 is 23.5. The van der Waals surface area contributed by atoms with Gasteiger partial charge in [0.2, 0.25) is 5.88 Å². The van der Waals surface area contributed by atoms with E-state index in [1.165, 1.54) is 25.5 Å². The van der Waals surface area contributed by atoms with Gasteiger partial charge in [-0.25, -0.2) is 9.97 Å². The van der Waals surface area contributed by atoms with Crippen molar-refractivity contribution in [2.75, 3.05) is 26.1 Å². The summed E-state index contributed by atoms with van der Waals surface area (Å²) in [7, 11) is 4.77. The van der Waals surface area contributed by atoms with Crippen molar-refractivity contribution in [1.29, 1.82) is 0 Å². The highest BCUT2D eigenvalue weighted by Gasteiger charge is 2.17. The Bertz CT molecular complexity index is 1380. The summed E-state index contributed by atoms with van der Waals surface area (Å²) in [4.78, 5) is 36.9. The minimum absolute atomic E-state index is 0.0219. The van der Waals surface area contributed by atoms with Gasteiger partial charge >= 0.3 is 0 Å². The molecule has 2 N–H and O–H groups in total. The summed E-state index contributed by atoms with van der Waals surface area (Å²) in [5.74, 6) is 0.208. The van der Waals surface area contributed by atoms with Gasteiger partial charge in [-0.15, -0.1) is 0 Å². The van der Waals surface area contributed by atoms with E-state index in [2.05, 4.69) is 35.8 Å². The van der Waals surface area contributed by atoms with Crippen LogP contribution in [0.15, 0.2) is 47.4 Å².